The number of anilines is 1. The average molecular weight is 354 g/mol. The van der Waals surface area contributed by atoms with Crippen molar-refractivity contribution in [3.8, 4) is 0 Å². The zero-order valence-electron chi connectivity index (χ0n) is 13.7. The van der Waals surface area contributed by atoms with E-state index in [4.69, 9.17) is 0 Å². The van der Waals surface area contributed by atoms with Crippen LogP contribution in [0.4, 0.5) is 5.69 Å². The van der Waals surface area contributed by atoms with Crippen molar-refractivity contribution in [1.82, 2.24) is 10.2 Å². The summed E-state index contributed by atoms with van der Waals surface area (Å²) in [6.45, 7) is 11.1. The van der Waals surface area contributed by atoms with Gasteiger partial charge in [-0.05, 0) is 51.6 Å². The number of hydrogen-bond donors (Lipinski definition) is 1. The lowest BCUT2D eigenvalue weighted by molar-refractivity contribution is 0.170. The molecule has 2 unspecified atom stereocenters. The number of likely N-dealkylation sites (N-methyl/N-ethyl adjacent to an activating group) is 1. The maximum absolute atomic E-state index is 3.63. The lowest BCUT2D eigenvalue weighted by Gasteiger charge is -2.44. The van der Waals surface area contributed by atoms with Crippen molar-refractivity contribution in [2.24, 2.45) is 0 Å². The number of nitrogens with one attached hydrogen (secondary N) is 1. The summed E-state index contributed by atoms with van der Waals surface area (Å²) in [5.41, 5.74) is 2.77. The molecule has 0 saturated carbocycles. The van der Waals surface area contributed by atoms with Crippen LogP contribution in [-0.4, -0.2) is 43.7 Å². The van der Waals surface area contributed by atoms with E-state index >= 15 is 0 Å². The Morgan fingerprint density at radius 2 is 1.90 bits per heavy atom. The lowest BCUT2D eigenvalue weighted by atomic mass is 10.1. The van der Waals surface area contributed by atoms with Gasteiger partial charge < -0.3 is 10.2 Å². The molecular weight excluding hydrogens is 326 g/mol. The number of nitrogens with zero attached hydrogens (tertiary/aromatic N) is 2. The maximum atomic E-state index is 3.63. The molecule has 1 saturated heterocycles. The maximum Gasteiger partial charge on any atom is 0.0424 e. The van der Waals surface area contributed by atoms with E-state index in [-0.39, 0.29) is 0 Å². The van der Waals surface area contributed by atoms with Crippen LogP contribution in [0.3, 0.4) is 0 Å². The first-order valence-electron chi connectivity index (χ1n) is 7.99. The molecule has 0 amide bonds. The predicted octanol–water partition coefficient (Wildman–Crippen LogP) is 3.48. The van der Waals surface area contributed by atoms with Gasteiger partial charge in [-0.3, -0.25) is 4.90 Å². The van der Waals surface area contributed by atoms with E-state index in [1.165, 1.54) is 17.7 Å². The molecule has 1 fully saturated rings. The van der Waals surface area contributed by atoms with Crippen LogP contribution in [0.2, 0.25) is 0 Å². The third kappa shape index (κ3) is 4.21. The fraction of sp³-hybridized carbons (Fsp3) is 0.647. The Hall–Kier alpha value is -0.580. The van der Waals surface area contributed by atoms with Crippen LogP contribution in [0.15, 0.2) is 22.7 Å². The summed E-state index contributed by atoms with van der Waals surface area (Å²) in [6.07, 6.45) is 1.18. The first-order valence-corrected chi connectivity index (χ1v) is 8.78. The summed E-state index contributed by atoms with van der Waals surface area (Å²) in [5.74, 6) is 0. The molecule has 1 aromatic carbocycles. The Balaban J connectivity index is 2.19. The first kappa shape index (κ1) is 16.8. The molecule has 3 nitrogen and oxygen atoms in total. The highest BCUT2D eigenvalue weighted by atomic mass is 79.9. The molecule has 1 aliphatic heterocycles. The summed E-state index contributed by atoms with van der Waals surface area (Å²) in [7, 11) is 2.23. The number of hydrogen-bond acceptors (Lipinski definition) is 3. The van der Waals surface area contributed by atoms with Gasteiger partial charge in [0.2, 0.25) is 0 Å². The van der Waals surface area contributed by atoms with Gasteiger partial charge in [-0.15, -0.1) is 0 Å². The fourth-order valence-corrected chi connectivity index (χ4v) is 3.33. The van der Waals surface area contributed by atoms with Crippen LogP contribution in [0.1, 0.15) is 32.8 Å². The second-order valence-corrected chi connectivity index (χ2v) is 7.13. The molecule has 0 aromatic heterocycles. The molecule has 0 aliphatic carbocycles. The van der Waals surface area contributed by atoms with Crippen molar-refractivity contribution >= 4 is 21.6 Å². The quantitative estimate of drug-likeness (QED) is 0.817. The number of rotatable bonds is 5. The Kier molecular flexibility index (Phi) is 6.08. The van der Waals surface area contributed by atoms with E-state index in [9.17, 15) is 0 Å². The van der Waals surface area contributed by atoms with E-state index in [0.29, 0.717) is 12.1 Å². The normalized spacial score (nSPS) is 23.6. The van der Waals surface area contributed by atoms with Crippen LogP contribution in [0, 0.1) is 0 Å². The standard InChI is InChI=1S/C17H28BrN3/c1-5-8-19-10-15-6-7-16(18)9-17(15)21-11-13(2)20(4)14(3)12-21/h6-7,9,13-14,19H,5,8,10-12H2,1-4H3. The van der Waals surface area contributed by atoms with Crippen molar-refractivity contribution < 1.29 is 0 Å². The third-order valence-electron chi connectivity index (χ3n) is 4.49. The van der Waals surface area contributed by atoms with Gasteiger partial charge in [-0.1, -0.05) is 28.9 Å². The van der Waals surface area contributed by atoms with Crippen molar-refractivity contribution in [2.75, 3.05) is 31.6 Å². The molecule has 0 spiro atoms. The molecule has 1 aromatic rings. The predicted molar refractivity (Wildman–Crippen MR) is 95.0 cm³/mol. The topological polar surface area (TPSA) is 18.5 Å². The lowest BCUT2D eigenvalue weighted by Crippen LogP contribution is -2.55. The minimum atomic E-state index is 0.587. The molecule has 0 radical (unpaired) electrons. The van der Waals surface area contributed by atoms with Crippen LogP contribution in [0.25, 0.3) is 0 Å². The van der Waals surface area contributed by atoms with E-state index in [2.05, 4.69) is 77.1 Å². The molecule has 4 heteroatoms. The Morgan fingerprint density at radius 3 is 2.52 bits per heavy atom. The number of piperazine rings is 1. The second kappa shape index (κ2) is 7.61. The van der Waals surface area contributed by atoms with Gasteiger partial charge in [0.05, 0.1) is 0 Å². The van der Waals surface area contributed by atoms with Crippen LogP contribution < -0.4 is 10.2 Å². The summed E-state index contributed by atoms with van der Waals surface area (Å²) < 4.78 is 1.16. The van der Waals surface area contributed by atoms with Gasteiger partial charge in [0, 0.05) is 41.9 Å². The van der Waals surface area contributed by atoms with Gasteiger partial charge in [-0.2, -0.15) is 0 Å². The average Bonchev–Trinajstić information content (AvgIpc) is 2.46. The summed E-state index contributed by atoms with van der Waals surface area (Å²) >= 11 is 3.63. The fourth-order valence-electron chi connectivity index (χ4n) is 2.98. The highest BCUT2D eigenvalue weighted by Gasteiger charge is 2.27. The Morgan fingerprint density at radius 1 is 1.24 bits per heavy atom. The zero-order chi connectivity index (χ0) is 15.4. The van der Waals surface area contributed by atoms with Crippen molar-refractivity contribution in [3.05, 3.63) is 28.2 Å². The second-order valence-electron chi connectivity index (χ2n) is 6.22. The zero-order valence-corrected chi connectivity index (χ0v) is 15.3. The highest BCUT2D eigenvalue weighted by molar-refractivity contribution is 9.10. The molecule has 0 bridgehead atoms. The van der Waals surface area contributed by atoms with Gasteiger partial charge in [0.1, 0.15) is 0 Å². The molecule has 21 heavy (non-hydrogen) atoms. The van der Waals surface area contributed by atoms with Crippen molar-refractivity contribution in [3.63, 3.8) is 0 Å². The third-order valence-corrected chi connectivity index (χ3v) is 4.98. The number of benzene rings is 1. The van der Waals surface area contributed by atoms with E-state index in [0.717, 1.165) is 30.7 Å². The van der Waals surface area contributed by atoms with Gasteiger partial charge >= 0.3 is 0 Å². The largest absolute Gasteiger partial charge is 0.368 e. The number of halogens is 1. The molecular formula is C17H28BrN3. The molecule has 2 atom stereocenters. The molecule has 1 aliphatic rings. The van der Waals surface area contributed by atoms with Gasteiger partial charge in [0.15, 0.2) is 0 Å². The van der Waals surface area contributed by atoms with E-state index in [1.54, 1.807) is 0 Å². The Bertz CT molecular complexity index is 451. The van der Waals surface area contributed by atoms with E-state index < -0.39 is 0 Å². The minimum absolute atomic E-state index is 0.587. The van der Waals surface area contributed by atoms with Crippen LogP contribution in [-0.2, 0) is 6.54 Å². The van der Waals surface area contributed by atoms with Crippen molar-refractivity contribution in [2.45, 2.75) is 45.8 Å². The van der Waals surface area contributed by atoms with E-state index in [1.807, 2.05) is 0 Å². The monoisotopic (exact) mass is 353 g/mol. The summed E-state index contributed by atoms with van der Waals surface area (Å²) in [6, 6.07) is 7.84. The summed E-state index contributed by atoms with van der Waals surface area (Å²) in [5, 5.41) is 3.53. The van der Waals surface area contributed by atoms with Crippen LogP contribution >= 0.6 is 15.9 Å². The Labute approximate surface area is 137 Å². The summed E-state index contributed by atoms with van der Waals surface area (Å²) in [4.78, 5) is 5.02. The molecule has 1 N–H and O–H groups in total. The first-order chi connectivity index (χ1) is 10.0. The van der Waals surface area contributed by atoms with Crippen molar-refractivity contribution in [1.29, 1.82) is 0 Å². The highest BCUT2D eigenvalue weighted by Crippen LogP contribution is 2.28. The smallest absolute Gasteiger partial charge is 0.0424 e. The minimum Gasteiger partial charge on any atom is -0.368 e. The molecule has 118 valence electrons. The molecule has 1 heterocycles. The SMILES string of the molecule is CCCNCc1ccc(Br)cc1N1CC(C)N(C)C(C)C1. The van der Waals surface area contributed by atoms with Crippen LogP contribution in [0.5, 0.6) is 0 Å². The molecule has 2 rings (SSSR count). The van der Waals surface area contributed by atoms with Gasteiger partial charge in [0.25, 0.3) is 0 Å². The van der Waals surface area contributed by atoms with Gasteiger partial charge in [-0.25, -0.2) is 0 Å².